The van der Waals surface area contributed by atoms with Gasteiger partial charge in [-0.2, -0.15) is 0 Å². The van der Waals surface area contributed by atoms with Crippen LogP contribution in [0.4, 0.5) is 0 Å². The van der Waals surface area contributed by atoms with Gasteiger partial charge >= 0.3 is 0 Å². The molecule has 0 spiro atoms. The highest BCUT2D eigenvalue weighted by Crippen LogP contribution is 2.73. The number of fused-ring (bicyclic) bond motifs is 2. The Hall–Kier alpha value is 0. The molecule has 4 aliphatic rings. The molecular formula is C15H26. The number of hydrogen-bond donors (Lipinski definition) is 0. The van der Waals surface area contributed by atoms with E-state index >= 15 is 0 Å². The molecule has 0 N–H and O–H groups in total. The topological polar surface area (TPSA) is 0 Å². The summed E-state index contributed by atoms with van der Waals surface area (Å²) in [5.74, 6) is 6.33. The van der Waals surface area contributed by atoms with Gasteiger partial charge in [0.1, 0.15) is 0 Å². The van der Waals surface area contributed by atoms with Crippen LogP contribution >= 0.6 is 0 Å². The van der Waals surface area contributed by atoms with Crippen molar-refractivity contribution in [1.82, 2.24) is 0 Å². The third-order valence-corrected chi connectivity index (χ3v) is 6.40. The standard InChI is InChI=1S/C15H26/c1-9(2)11-7-8-15(4)12-6-5-10(3)14(15)13(11)12/h9-14H,5-8H2,1-4H3/t10?,11-,12?,13?,14-,15?/m1/s1. The van der Waals surface area contributed by atoms with Crippen LogP contribution in [0.2, 0.25) is 0 Å². The SMILES string of the molecule is CC(C)[C@H]1CCC2(C)C3CCC(C)[C@@H]2C31. The van der Waals surface area contributed by atoms with Crippen LogP contribution in [0.15, 0.2) is 0 Å². The Balaban J connectivity index is 1.90. The lowest BCUT2D eigenvalue weighted by molar-refractivity contribution is -0.240. The lowest BCUT2D eigenvalue weighted by Gasteiger charge is -2.72. The molecule has 4 bridgehead atoms. The van der Waals surface area contributed by atoms with Crippen LogP contribution in [0.5, 0.6) is 0 Å². The summed E-state index contributed by atoms with van der Waals surface area (Å²) in [6.45, 7) is 10.0. The zero-order chi connectivity index (χ0) is 10.8. The average molecular weight is 206 g/mol. The largest absolute Gasteiger partial charge is 0.0625 e. The van der Waals surface area contributed by atoms with E-state index in [2.05, 4.69) is 27.7 Å². The van der Waals surface area contributed by atoms with Crippen LogP contribution < -0.4 is 0 Å². The molecule has 0 radical (unpaired) electrons. The van der Waals surface area contributed by atoms with Gasteiger partial charge in [0.15, 0.2) is 0 Å². The molecule has 4 unspecified atom stereocenters. The molecule has 0 heterocycles. The van der Waals surface area contributed by atoms with Gasteiger partial charge in [0, 0.05) is 0 Å². The Bertz CT molecular complexity index is 263. The lowest BCUT2D eigenvalue weighted by atomic mass is 9.32. The van der Waals surface area contributed by atoms with Gasteiger partial charge in [-0.3, -0.25) is 0 Å². The van der Waals surface area contributed by atoms with Crippen molar-refractivity contribution < 1.29 is 0 Å². The molecule has 0 saturated heterocycles. The molecule has 0 amide bonds. The number of rotatable bonds is 1. The van der Waals surface area contributed by atoms with E-state index in [1.54, 1.807) is 6.42 Å². The fourth-order valence-electron chi connectivity index (χ4n) is 5.80. The quantitative estimate of drug-likeness (QED) is 0.598. The van der Waals surface area contributed by atoms with Gasteiger partial charge in [0.25, 0.3) is 0 Å². The summed E-state index contributed by atoms with van der Waals surface area (Å²) < 4.78 is 0. The summed E-state index contributed by atoms with van der Waals surface area (Å²) in [4.78, 5) is 0. The van der Waals surface area contributed by atoms with Gasteiger partial charge < -0.3 is 0 Å². The minimum Gasteiger partial charge on any atom is -0.0625 e. The second-order valence-electron chi connectivity index (χ2n) is 7.22. The molecule has 0 nitrogen and oxygen atoms in total. The molecule has 0 aromatic heterocycles. The summed E-state index contributed by atoms with van der Waals surface area (Å²) in [6, 6.07) is 0. The zero-order valence-corrected chi connectivity index (χ0v) is 10.8. The summed E-state index contributed by atoms with van der Waals surface area (Å²) in [5.41, 5.74) is 0.772. The molecule has 0 aromatic rings. The van der Waals surface area contributed by atoms with E-state index in [0.29, 0.717) is 0 Å². The van der Waals surface area contributed by atoms with Crippen molar-refractivity contribution in [3.8, 4) is 0 Å². The Morgan fingerprint density at radius 3 is 2.47 bits per heavy atom. The van der Waals surface area contributed by atoms with Crippen LogP contribution in [0.3, 0.4) is 0 Å². The lowest BCUT2D eigenvalue weighted by Crippen LogP contribution is -2.66. The van der Waals surface area contributed by atoms with Crippen molar-refractivity contribution in [1.29, 1.82) is 0 Å². The van der Waals surface area contributed by atoms with Crippen molar-refractivity contribution >= 4 is 0 Å². The predicted octanol–water partition coefficient (Wildman–Crippen LogP) is 4.35. The van der Waals surface area contributed by atoms with E-state index in [4.69, 9.17) is 0 Å². The molecule has 0 aliphatic heterocycles. The van der Waals surface area contributed by atoms with Crippen LogP contribution in [0, 0.1) is 40.9 Å². The first-order valence-electron chi connectivity index (χ1n) is 7.05. The van der Waals surface area contributed by atoms with Crippen molar-refractivity contribution in [3.05, 3.63) is 0 Å². The van der Waals surface area contributed by atoms with Crippen LogP contribution in [0.1, 0.15) is 53.4 Å². The molecular weight excluding hydrogens is 180 g/mol. The van der Waals surface area contributed by atoms with Gasteiger partial charge in [-0.15, -0.1) is 0 Å². The molecule has 4 saturated carbocycles. The Labute approximate surface area is 94.8 Å². The highest BCUT2D eigenvalue weighted by atomic mass is 14.7. The molecule has 4 rings (SSSR count). The maximum Gasteiger partial charge on any atom is -0.0261 e. The second kappa shape index (κ2) is 3.02. The van der Waals surface area contributed by atoms with E-state index in [9.17, 15) is 0 Å². The van der Waals surface area contributed by atoms with E-state index < -0.39 is 0 Å². The minimum absolute atomic E-state index is 0.772. The van der Waals surface area contributed by atoms with Crippen molar-refractivity contribution in [3.63, 3.8) is 0 Å². The Kier molecular flexibility index (Phi) is 2.05. The summed E-state index contributed by atoms with van der Waals surface area (Å²) in [5, 5.41) is 0. The van der Waals surface area contributed by atoms with Crippen LogP contribution in [-0.2, 0) is 0 Å². The molecule has 6 atom stereocenters. The van der Waals surface area contributed by atoms with Crippen LogP contribution in [0.25, 0.3) is 0 Å². The fraction of sp³-hybridized carbons (Fsp3) is 1.00. The molecule has 0 heteroatoms. The highest BCUT2D eigenvalue weighted by Gasteiger charge is 2.66. The van der Waals surface area contributed by atoms with Crippen molar-refractivity contribution in [2.45, 2.75) is 53.4 Å². The predicted molar refractivity (Wildman–Crippen MR) is 64.5 cm³/mol. The van der Waals surface area contributed by atoms with E-state index in [0.717, 1.165) is 40.9 Å². The zero-order valence-electron chi connectivity index (χ0n) is 10.8. The highest BCUT2D eigenvalue weighted by molar-refractivity contribution is 5.14. The first kappa shape index (κ1) is 10.2. The van der Waals surface area contributed by atoms with E-state index in [1.165, 1.54) is 19.3 Å². The summed E-state index contributed by atoms with van der Waals surface area (Å²) in [7, 11) is 0. The fourth-order valence-corrected chi connectivity index (χ4v) is 5.80. The van der Waals surface area contributed by atoms with E-state index in [-0.39, 0.29) is 0 Å². The van der Waals surface area contributed by atoms with Gasteiger partial charge in [0.05, 0.1) is 0 Å². The Morgan fingerprint density at radius 1 is 1.13 bits per heavy atom. The van der Waals surface area contributed by atoms with Gasteiger partial charge in [0.2, 0.25) is 0 Å². The average Bonchev–Trinajstić information content (AvgIpc) is 2.17. The molecule has 4 fully saturated rings. The molecule has 86 valence electrons. The first-order chi connectivity index (χ1) is 7.05. The summed E-state index contributed by atoms with van der Waals surface area (Å²) in [6.07, 6.45) is 6.12. The van der Waals surface area contributed by atoms with Gasteiger partial charge in [-0.1, -0.05) is 34.1 Å². The van der Waals surface area contributed by atoms with Gasteiger partial charge in [-0.25, -0.2) is 0 Å². The summed E-state index contributed by atoms with van der Waals surface area (Å²) >= 11 is 0. The molecule has 15 heavy (non-hydrogen) atoms. The normalized spacial score (nSPS) is 57.8. The van der Waals surface area contributed by atoms with Crippen LogP contribution in [-0.4, -0.2) is 0 Å². The van der Waals surface area contributed by atoms with Gasteiger partial charge in [-0.05, 0) is 60.2 Å². The third kappa shape index (κ3) is 1.09. The minimum atomic E-state index is 0.772. The van der Waals surface area contributed by atoms with Crippen molar-refractivity contribution in [2.24, 2.45) is 40.9 Å². The second-order valence-corrected chi connectivity index (χ2v) is 7.22. The Morgan fingerprint density at radius 2 is 1.87 bits per heavy atom. The third-order valence-electron chi connectivity index (χ3n) is 6.40. The van der Waals surface area contributed by atoms with Crippen molar-refractivity contribution in [2.75, 3.05) is 0 Å². The monoisotopic (exact) mass is 206 g/mol. The molecule has 0 aromatic carbocycles. The smallest absolute Gasteiger partial charge is 0.0261 e. The first-order valence-corrected chi connectivity index (χ1v) is 7.05. The number of hydrogen-bond acceptors (Lipinski definition) is 0. The maximum atomic E-state index is 2.60. The van der Waals surface area contributed by atoms with E-state index in [1.807, 2.05) is 0 Å². The molecule has 4 aliphatic carbocycles. The maximum absolute atomic E-state index is 2.60.